The lowest BCUT2D eigenvalue weighted by Gasteiger charge is -2.35. The quantitative estimate of drug-likeness (QED) is 0.780. The van der Waals surface area contributed by atoms with Crippen molar-refractivity contribution in [3.05, 3.63) is 0 Å². The van der Waals surface area contributed by atoms with Crippen LogP contribution in [0.1, 0.15) is 52.9 Å². The van der Waals surface area contributed by atoms with E-state index in [0.717, 1.165) is 64.8 Å². The molecule has 1 N–H and O–H groups in total. The Kier molecular flexibility index (Phi) is 6.93. The molecule has 2 fully saturated rings. The monoisotopic (exact) mass is 356 g/mol. The Balaban J connectivity index is 1.61. The van der Waals surface area contributed by atoms with Crippen LogP contribution < -0.4 is 0 Å². The standard InChI is InChI=1S/C18H32N2O5/c1-18(2,3)25-16(21)20-12-5-14(6-13-20)4-9-19-10-7-15(8-11-19)24-17(22)23/h14-15H,4-13H2,1-3H3,(H,22,23). The highest BCUT2D eigenvalue weighted by Gasteiger charge is 2.28. The van der Waals surface area contributed by atoms with Gasteiger partial charge >= 0.3 is 12.2 Å². The van der Waals surface area contributed by atoms with Gasteiger partial charge in [0.05, 0.1) is 0 Å². The zero-order chi connectivity index (χ0) is 18.4. The van der Waals surface area contributed by atoms with Gasteiger partial charge in [0.1, 0.15) is 11.7 Å². The maximum atomic E-state index is 12.1. The smallest absolute Gasteiger partial charge is 0.450 e. The molecule has 0 aliphatic carbocycles. The number of carboxylic acid groups (broad SMARTS) is 1. The van der Waals surface area contributed by atoms with Gasteiger partial charge in [-0.1, -0.05) is 0 Å². The van der Waals surface area contributed by atoms with Gasteiger partial charge in [-0.05, 0) is 65.3 Å². The number of hydrogen-bond acceptors (Lipinski definition) is 5. The normalized spacial score (nSPS) is 21.2. The topological polar surface area (TPSA) is 79.3 Å². The van der Waals surface area contributed by atoms with E-state index >= 15 is 0 Å². The van der Waals surface area contributed by atoms with Gasteiger partial charge < -0.3 is 24.4 Å². The predicted octanol–water partition coefficient (Wildman–Crippen LogP) is 3.18. The van der Waals surface area contributed by atoms with E-state index in [1.165, 1.54) is 0 Å². The lowest BCUT2D eigenvalue weighted by atomic mass is 9.93. The number of likely N-dealkylation sites (tertiary alicyclic amines) is 2. The molecule has 2 heterocycles. The van der Waals surface area contributed by atoms with Gasteiger partial charge in [-0.25, -0.2) is 9.59 Å². The molecule has 0 aromatic rings. The Hall–Kier alpha value is -1.50. The molecule has 1 amide bonds. The number of nitrogens with zero attached hydrogens (tertiary/aromatic N) is 2. The van der Waals surface area contributed by atoms with Crippen molar-refractivity contribution in [2.45, 2.75) is 64.6 Å². The molecule has 2 saturated heterocycles. The Morgan fingerprint density at radius 3 is 2.16 bits per heavy atom. The van der Waals surface area contributed by atoms with Crippen molar-refractivity contribution in [1.29, 1.82) is 0 Å². The molecule has 2 aliphatic rings. The van der Waals surface area contributed by atoms with Gasteiger partial charge in [0, 0.05) is 26.2 Å². The van der Waals surface area contributed by atoms with Crippen molar-refractivity contribution >= 4 is 12.2 Å². The number of piperidine rings is 2. The first-order valence-electron chi connectivity index (χ1n) is 9.33. The van der Waals surface area contributed by atoms with Crippen molar-refractivity contribution in [2.75, 3.05) is 32.7 Å². The summed E-state index contributed by atoms with van der Waals surface area (Å²) in [7, 11) is 0. The molecule has 0 bridgehead atoms. The molecule has 2 rings (SSSR count). The Morgan fingerprint density at radius 1 is 1.04 bits per heavy atom. The number of rotatable bonds is 4. The van der Waals surface area contributed by atoms with E-state index in [4.69, 9.17) is 14.6 Å². The van der Waals surface area contributed by atoms with Gasteiger partial charge in [-0.2, -0.15) is 0 Å². The molecule has 0 aromatic carbocycles. The SMILES string of the molecule is CC(C)(C)OC(=O)N1CCC(CCN2CCC(OC(=O)O)CC2)CC1. The van der Waals surface area contributed by atoms with Crippen LogP contribution in [0.25, 0.3) is 0 Å². The maximum Gasteiger partial charge on any atom is 0.506 e. The number of carbonyl (C=O) groups excluding carboxylic acids is 1. The van der Waals surface area contributed by atoms with E-state index in [1.807, 2.05) is 25.7 Å². The van der Waals surface area contributed by atoms with Gasteiger partial charge in [0.25, 0.3) is 0 Å². The summed E-state index contributed by atoms with van der Waals surface area (Å²) in [5, 5.41) is 8.66. The van der Waals surface area contributed by atoms with E-state index in [9.17, 15) is 9.59 Å². The zero-order valence-corrected chi connectivity index (χ0v) is 15.7. The summed E-state index contributed by atoms with van der Waals surface area (Å²) in [5.74, 6) is 0.645. The number of amides is 1. The molecule has 0 unspecified atom stereocenters. The molecule has 0 saturated carbocycles. The van der Waals surface area contributed by atoms with E-state index < -0.39 is 11.8 Å². The van der Waals surface area contributed by atoms with Crippen molar-refractivity contribution in [3.8, 4) is 0 Å². The molecule has 2 aliphatic heterocycles. The first kappa shape index (κ1) is 19.8. The van der Waals surface area contributed by atoms with Crippen LogP contribution in [0.2, 0.25) is 0 Å². The van der Waals surface area contributed by atoms with Crippen molar-refractivity contribution < 1.29 is 24.2 Å². The van der Waals surface area contributed by atoms with E-state index in [2.05, 4.69) is 4.90 Å². The van der Waals surface area contributed by atoms with Crippen molar-refractivity contribution in [2.24, 2.45) is 5.92 Å². The Morgan fingerprint density at radius 2 is 1.64 bits per heavy atom. The third-order valence-electron chi connectivity index (χ3n) is 4.92. The number of hydrogen-bond donors (Lipinski definition) is 1. The highest BCUT2D eigenvalue weighted by atomic mass is 16.7. The maximum absolute atomic E-state index is 12.1. The lowest BCUT2D eigenvalue weighted by molar-refractivity contribution is 0.0151. The molecule has 7 nitrogen and oxygen atoms in total. The molecule has 25 heavy (non-hydrogen) atoms. The van der Waals surface area contributed by atoms with Gasteiger partial charge in [0.15, 0.2) is 0 Å². The summed E-state index contributed by atoms with van der Waals surface area (Å²) in [6.07, 6.45) is 3.22. The fourth-order valence-corrected chi connectivity index (χ4v) is 3.49. The molecule has 0 spiro atoms. The van der Waals surface area contributed by atoms with Gasteiger partial charge in [-0.3, -0.25) is 0 Å². The van der Waals surface area contributed by atoms with E-state index in [0.29, 0.717) is 5.92 Å². The van der Waals surface area contributed by atoms with Crippen molar-refractivity contribution in [1.82, 2.24) is 9.80 Å². The highest BCUT2D eigenvalue weighted by Crippen LogP contribution is 2.23. The minimum atomic E-state index is -1.17. The van der Waals surface area contributed by atoms with Crippen LogP contribution in [0.15, 0.2) is 0 Å². The Labute approximate surface area is 150 Å². The number of carbonyl (C=O) groups is 2. The second-order valence-electron chi connectivity index (χ2n) is 8.12. The van der Waals surface area contributed by atoms with Crippen molar-refractivity contribution in [3.63, 3.8) is 0 Å². The third-order valence-corrected chi connectivity index (χ3v) is 4.92. The molecule has 144 valence electrons. The second-order valence-corrected chi connectivity index (χ2v) is 8.12. The van der Waals surface area contributed by atoms with Crippen LogP contribution in [0.3, 0.4) is 0 Å². The molecule has 7 heteroatoms. The minimum Gasteiger partial charge on any atom is -0.450 e. The van der Waals surface area contributed by atoms with Crippen LogP contribution in [-0.4, -0.2) is 71.6 Å². The van der Waals surface area contributed by atoms with Crippen LogP contribution in [-0.2, 0) is 9.47 Å². The molecular weight excluding hydrogens is 324 g/mol. The van der Waals surface area contributed by atoms with Crippen LogP contribution in [0.4, 0.5) is 9.59 Å². The van der Waals surface area contributed by atoms with Crippen LogP contribution in [0.5, 0.6) is 0 Å². The van der Waals surface area contributed by atoms with Gasteiger partial charge in [0.2, 0.25) is 0 Å². The summed E-state index contributed by atoms with van der Waals surface area (Å²) in [6, 6.07) is 0. The summed E-state index contributed by atoms with van der Waals surface area (Å²) in [6.45, 7) is 10.1. The van der Waals surface area contributed by atoms with Gasteiger partial charge in [-0.15, -0.1) is 0 Å². The minimum absolute atomic E-state index is 0.147. The first-order valence-corrected chi connectivity index (χ1v) is 9.33. The molecule has 0 aromatic heterocycles. The van der Waals surface area contributed by atoms with E-state index in [-0.39, 0.29) is 12.2 Å². The lowest BCUT2D eigenvalue weighted by Crippen LogP contribution is -2.42. The van der Waals surface area contributed by atoms with E-state index in [1.54, 1.807) is 0 Å². The average Bonchev–Trinajstić information content (AvgIpc) is 2.52. The highest BCUT2D eigenvalue weighted by molar-refractivity contribution is 5.68. The summed E-state index contributed by atoms with van der Waals surface area (Å²) >= 11 is 0. The molecule has 0 radical (unpaired) electrons. The zero-order valence-electron chi connectivity index (χ0n) is 15.7. The summed E-state index contributed by atoms with van der Waals surface area (Å²) < 4.78 is 10.3. The number of ether oxygens (including phenoxy) is 2. The average molecular weight is 356 g/mol. The molecule has 0 atom stereocenters. The third kappa shape index (κ3) is 7.10. The summed E-state index contributed by atoms with van der Waals surface area (Å²) in [4.78, 5) is 26.8. The fourth-order valence-electron chi connectivity index (χ4n) is 3.49. The second kappa shape index (κ2) is 8.74. The van der Waals surface area contributed by atoms with Crippen LogP contribution in [0, 0.1) is 5.92 Å². The fraction of sp³-hybridized carbons (Fsp3) is 0.889. The first-order chi connectivity index (χ1) is 11.7. The largest absolute Gasteiger partial charge is 0.506 e. The molecular formula is C18H32N2O5. The predicted molar refractivity (Wildman–Crippen MR) is 93.7 cm³/mol. The van der Waals surface area contributed by atoms with Crippen LogP contribution >= 0.6 is 0 Å². The summed E-state index contributed by atoms with van der Waals surface area (Å²) in [5.41, 5.74) is -0.440. The Bertz CT molecular complexity index is 447.